The zero-order valence-corrected chi connectivity index (χ0v) is 32.1. The molecule has 0 bridgehead atoms. The maximum Gasteiger partial charge on any atom is 0.303 e. The van der Waals surface area contributed by atoms with Gasteiger partial charge in [-0.1, -0.05) is 34.6 Å². The topological polar surface area (TPSA) is 118 Å². The summed E-state index contributed by atoms with van der Waals surface area (Å²) in [5, 5.41) is 34.0. The smallest absolute Gasteiger partial charge is 0.303 e. The molecule has 49 heavy (non-hydrogen) atoms. The van der Waals surface area contributed by atoms with Crippen molar-refractivity contribution in [2.45, 2.75) is 169 Å². The second-order valence-corrected chi connectivity index (χ2v) is 20.2. The molecule has 2 spiro atoms. The number of morpholine rings is 1. The third-order valence-electron chi connectivity index (χ3n) is 16.1. The minimum absolute atomic E-state index is 0.00616. The van der Waals surface area contributed by atoms with Crippen molar-refractivity contribution in [3.05, 3.63) is 0 Å². The predicted molar refractivity (Wildman–Crippen MR) is 185 cm³/mol. The zero-order chi connectivity index (χ0) is 35.7. The van der Waals surface area contributed by atoms with Crippen LogP contribution in [0.25, 0.3) is 0 Å². The molecule has 5 aliphatic carbocycles. The van der Waals surface area contributed by atoms with Crippen molar-refractivity contribution in [3.8, 4) is 0 Å². The number of aliphatic hydroxyl groups excluding tert-OH is 1. The van der Waals surface area contributed by atoms with Crippen LogP contribution in [0.4, 0.5) is 0 Å². The van der Waals surface area contributed by atoms with Crippen LogP contribution in [0.5, 0.6) is 0 Å². The first-order valence-corrected chi connectivity index (χ1v) is 19.6. The van der Waals surface area contributed by atoms with Gasteiger partial charge in [0, 0.05) is 32.0 Å². The molecule has 280 valence electrons. The molecule has 7 aliphatic rings. The molecule has 3 N–H and O–H groups in total. The lowest BCUT2D eigenvalue weighted by Gasteiger charge is -2.64. The number of rotatable bonds is 7. The molecule has 0 amide bonds. The Labute approximate surface area is 295 Å². The minimum Gasteiger partial charge on any atom is -0.457 e. The Bertz CT molecular complexity index is 1290. The molecule has 14 atom stereocenters. The van der Waals surface area contributed by atoms with Crippen molar-refractivity contribution < 1.29 is 39.1 Å². The van der Waals surface area contributed by atoms with Crippen LogP contribution in [0.2, 0.25) is 0 Å². The van der Waals surface area contributed by atoms with Gasteiger partial charge in [-0.05, 0) is 124 Å². The minimum atomic E-state index is -1.26. The number of hydrogen-bond donors (Lipinski definition) is 3. The molecule has 9 nitrogen and oxygen atoms in total. The van der Waals surface area contributed by atoms with Crippen LogP contribution >= 0.6 is 0 Å². The number of ether oxygens (including phenoxy) is 4. The number of carbonyl (C=O) groups is 1. The molecule has 0 radical (unpaired) electrons. The van der Waals surface area contributed by atoms with E-state index in [1.807, 2.05) is 13.8 Å². The van der Waals surface area contributed by atoms with Crippen molar-refractivity contribution in [2.75, 3.05) is 26.2 Å². The van der Waals surface area contributed by atoms with Crippen molar-refractivity contribution >= 4 is 5.97 Å². The first-order chi connectivity index (χ1) is 22.6. The third kappa shape index (κ3) is 5.35. The molecule has 9 heteroatoms. The fourth-order valence-corrected chi connectivity index (χ4v) is 14.2. The van der Waals surface area contributed by atoms with Gasteiger partial charge in [-0.25, -0.2) is 0 Å². The van der Waals surface area contributed by atoms with Gasteiger partial charge in [0.25, 0.3) is 0 Å². The van der Waals surface area contributed by atoms with Crippen LogP contribution in [0.15, 0.2) is 0 Å². The molecule has 7 rings (SSSR count). The van der Waals surface area contributed by atoms with Crippen molar-refractivity contribution in [1.29, 1.82) is 0 Å². The monoisotopic (exact) mass is 689 g/mol. The fraction of sp³-hybridized carbons (Fsp3) is 0.975. The zero-order valence-electron chi connectivity index (χ0n) is 32.1. The highest BCUT2D eigenvalue weighted by Gasteiger charge is 2.84. The van der Waals surface area contributed by atoms with Gasteiger partial charge in [0.15, 0.2) is 12.4 Å². The van der Waals surface area contributed by atoms with E-state index in [1.54, 1.807) is 13.8 Å². The Morgan fingerprint density at radius 3 is 2.33 bits per heavy atom. The number of β-amino-alcohol motifs (C(OH)–C–C–N with tert-alkyl or cyclic N) is 1. The molecule has 0 aromatic carbocycles. The molecule has 0 aromatic rings. The van der Waals surface area contributed by atoms with E-state index in [-0.39, 0.29) is 57.4 Å². The first kappa shape index (κ1) is 36.5. The average molecular weight is 690 g/mol. The highest BCUT2D eigenvalue weighted by atomic mass is 16.7. The van der Waals surface area contributed by atoms with Crippen LogP contribution in [0.1, 0.15) is 121 Å². The number of aliphatic hydroxyl groups is 3. The van der Waals surface area contributed by atoms with Crippen molar-refractivity contribution in [2.24, 2.45) is 50.7 Å². The third-order valence-corrected chi connectivity index (χ3v) is 16.1. The summed E-state index contributed by atoms with van der Waals surface area (Å²) in [5.74, 6) is 1.03. The van der Waals surface area contributed by atoms with Crippen molar-refractivity contribution in [1.82, 2.24) is 4.90 Å². The van der Waals surface area contributed by atoms with E-state index in [9.17, 15) is 20.1 Å². The molecule has 1 unspecified atom stereocenters. The number of esters is 1. The summed E-state index contributed by atoms with van der Waals surface area (Å²) in [6, 6.07) is 0. The summed E-state index contributed by atoms with van der Waals surface area (Å²) in [4.78, 5) is 14.4. The first-order valence-electron chi connectivity index (χ1n) is 19.6. The lowest BCUT2D eigenvalue weighted by molar-refractivity contribution is -0.250. The van der Waals surface area contributed by atoms with E-state index in [4.69, 9.17) is 18.9 Å². The molecule has 2 saturated heterocycles. The quantitative estimate of drug-likeness (QED) is 0.306. The van der Waals surface area contributed by atoms with Crippen LogP contribution in [0, 0.1) is 50.7 Å². The summed E-state index contributed by atoms with van der Waals surface area (Å²) in [6.45, 7) is 23.2. The second-order valence-electron chi connectivity index (χ2n) is 20.2. The van der Waals surface area contributed by atoms with Gasteiger partial charge >= 0.3 is 5.97 Å². The van der Waals surface area contributed by atoms with Crippen molar-refractivity contribution in [3.63, 3.8) is 0 Å². The Balaban J connectivity index is 1.11. The van der Waals surface area contributed by atoms with E-state index in [0.717, 1.165) is 32.2 Å². The SMILES string of the molecule is CC(=O)O[C@@H]([C@H]1C[C@@H](C)C2[C@H](O1)[C@H](O)[C@@]1(C)[C@@H]3CC[C@H]4C(C)(C)[C@@H](O[C@H]5CN(CC(C)(C)O)CCO5)CC[C@@]45C[C@@]35CC[C@]21C)C(C)(C)O. The maximum absolute atomic E-state index is 12.6. The summed E-state index contributed by atoms with van der Waals surface area (Å²) in [6.07, 6.45) is 6.35. The molecule has 2 aliphatic heterocycles. The van der Waals surface area contributed by atoms with Crippen LogP contribution < -0.4 is 0 Å². The fourth-order valence-electron chi connectivity index (χ4n) is 14.2. The molecule has 0 aromatic heterocycles. The number of nitrogens with zero attached hydrogens (tertiary/aromatic N) is 1. The summed E-state index contributed by atoms with van der Waals surface area (Å²) < 4.78 is 25.6. The van der Waals surface area contributed by atoms with E-state index in [0.29, 0.717) is 38.0 Å². The normalized spacial score (nSPS) is 49.9. The van der Waals surface area contributed by atoms with E-state index >= 15 is 0 Å². The highest BCUT2D eigenvalue weighted by Crippen LogP contribution is 2.89. The van der Waals surface area contributed by atoms with Gasteiger partial charge in [-0.2, -0.15) is 0 Å². The molecular formula is C40H67NO8. The summed E-state index contributed by atoms with van der Waals surface area (Å²) >= 11 is 0. The van der Waals surface area contributed by atoms with Gasteiger partial charge in [0.1, 0.15) is 0 Å². The molecule has 7 fully saturated rings. The Morgan fingerprint density at radius 1 is 1.00 bits per heavy atom. The summed E-state index contributed by atoms with van der Waals surface area (Å²) in [5.41, 5.74) is -1.83. The lowest BCUT2D eigenvalue weighted by Crippen LogP contribution is -2.60. The van der Waals surface area contributed by atoms with E-state index in [2.05, 4.69) is 39.5 Å². The molecule has 2 heterocycles. The van der Waals surface area contributed by atoms with Gasteiger partial charge in [0.2, 0.25) is 0 Å². The van der Waals surface area contributed by atoms with Gasteiger partial charge < -0.3 is 34.3 Å². The Morgan fingerprint density at radius 2 is 1.67 bits per heavy atom. The van der Waals surface area contributed by atoms with Gasteiger partial charge in [-0.3, -0.25) is 9.69 Å². The number of carbonyl (C=O) groups excluding carboxylic acids is 1. The lowest BCUT2D eigenvalue weighted by atomic mass is 9.41. The average Bonchev–Trinajstić information content (AvgIpc) is 3.61. The van der Waals surface area contributed by atoms with E-state index in [1.165, 1.54) is 26.2 Å². The Kier molecular flexibility index (Phi) is 8.65. The molecule has 5 saturated carbocycles. The number of fused-ring (bicyclic) bond motifs is 4. The highest BCUT2D eigenvalue weighted by molar-refractivity contribution is 5.66. The van der Waals surface area contributed by atoms with Crippen LogP contribution in [-0.4, -0.2) is 100 Å². The van der Waals surface area contributed by atoms with E-state index < -0.39 is 35.5 Å². The molecular weight excluding hydrogens is 622 g/mol. The Hall–Kier alpha value is -0.810. The summed E-state index contributed by atoms with van der Waals surface area (Å²) in [7, 11) is 0. The number of hydrogen-bond acceptors (Lipinski definition) is 9. The largest absolute Gasteiger partial charge is 0.457 e. The van der Waals surface area contributed by atoms with Crippen LogP contribution in [0.3, 0.4) is 0 Å². The van der Waals surface area contributed by atoms with Gasteiger partial charge in [-0.15, -0.1) is 0 Å². The standard InChI is InChI=1S/C40H67NO8/c1-23-19-25(33(36(7,8)45)47-24(2)42)48-31-30(23)37(9)15-16-40-21-39(40)14-13-28(49-29-20-41(17-18-46-29)22-34(3,4)44)35(5,6)26(39)11-12-27(40)38(37,10)32(31)43/h23,25-33,43-45H,11-22H2,1-10H3/t23-,25-,26+,27+,28+,29+,30?,31+,32+,33+,37-,38-,39-,40+/m1/s1. The second kappa shape index (κ2) is 11.6. The van der Waals surface area contributed by atoms with Gasteiger partial charge in [0.05, 0.1) is 42.2 Å². The van der Waals surface area contributed by atoms with Crippen LogP contribution in [-0.2, 0) is 23.7 Å². The maximum atomic E-state index is 12.6. The predicted octanol–water partition coefficient (Wildman–Crippen LogP) is 5.32.